The Morgan fingerprint density at radius 2 is 2.04 bits per heavy atom. The molecule has 7 heteroatoms. The molecule has 0 saturated carbocycles. The third-order valence-electron chi connectivity index (χ3n) is 5.66. The van der Waals surface area contributed by atoms with Crippen molar-refractivity contribution in [3.63, 3.8) is 0 Å². The standard InChI is InChI=1S/C20H26N4O3/c1-13-20(14(2)27-23-13)17-12-21-11-16(22-17)18-4-3-7-24(18)19(25)10-15-5-8-26-9-6-15/h11-12,15,18H,3-10H2,1-2H3/t18-/m1/s1. The molecule has 7 nitrogen and oxygen atoms in total. The summed E-state index contributed by atoms with van der Waals surface area (Å²) in [5, 5.41) is 4.01. The van der Waals surface area contributed by atoms with Gasteiger partial charge in [0.25, 0.3) is 0 Å². The maximum Gasteiger partial charge on any atom is 0.223 e. The molecular formula is C20H26N4O3. The van der Waals surface area contributed by atoms with Gasteiger partial charge in [0.1, 0.15) is 5.76 Å². The number of carbonyl (C=O) groups excluding carboxylic acids is 1. The van der Waals surface area contributed by atoms with Crippen LogP contribution in [0.5, 0.6) is 0 Å². The van der Waals surface area contributed by atoms with E-state index in [1.807, 2.05) is 18.7 Å². The van der Waals surface area contributed by atoms with Crippen molar-refractivity contribution in [2.45, 2.75) is 52.0 Å². The molecule has 0 aliphatic carbocycles. The predicted molar refractivity (Wildman–Crippen MR) is 98.9 cm³/mol. The van der Waals surface area contributed by atoms with Gasteiger partial charge in [-0.1, -0.05) is 5.16 Å². The molecule has 2 aromatic heterocycles. The van der Waals surface area contributed by atoms with E-state index in [4.69, 9.17) is 14.2 Å². The van der Waals surface area contributed by atoms with E-state index in [1.165, 1.54) is 0 Å². The van der Waals surface area contributed by atoms with Crippen LogP contribution < -0.4 is 0 Å². The Balaban J connectivity index is 1.53. The summed E-state index contributed by atoms with van der Waals surface area (Å²) in [7, 11) is 0. The molecule has 27 heavy (non-hydrogen) atoms. The highest BCUT2D eigenvalue weighted by atomic mass is 16.5. The largest absolute Gasteiger partial charge is 0.381 e. The first-order valence-corrected chi connectivity index (χ1v) is 9.76. The van der Waals surface area contributed by atoms with Crippen molar-refractivity contribution in [3.05, 3.63) is 29.5 Å². The molecule has 1 atom stereocenters. The number of rotatable bonds is 4. The van der Waals surface area contributed by atoms with E-state index in [0.29, 0.717) is 12.3 Å². The van der Waals surface area contributed by atoms with Gasteiger partial charge in [-0.15, -0.1) is 0 Å². The van der Waals surface area contributed by atoms with Crippen LogP contribution in [0.3, 0.4) is 0 Å². The maximum atomic E-state index is 12.9. The van der Waals surface area contributed by atoms with Gasteiger partial charge in [0.15, 0.2) is 0 Å². The summed E-state index contributed by atoms with van der Waals surface area (Å²) < 4.78 is 10.7. The summed E-state index contributed by atoms with van der Waals surface area (Å²) >= 11 is 0. The molecular weight excluding hydrogens is 344 g/mol. The highest BCUT2D eigenvalue weighted by Crippen LogP contribution is 2.34. The van der Waals surface area contributed by atoms with Crippen LogP contribution in [0.1, 0.15) is 55.3 Å². The lowest BCUT2D eigenvalue weighted by Crippen LogP contribution is -2.33. The second kappa shape index (κ2) is 7.76. The number of ether oxygens (including phenoxy) is 1. The number of aromatic nitrogens is 3. The number of aryl methyl sites for hydroxylation is 2. The molecule has 2 aliphatic heterocycles. The number of hydrogen-bond acceptors (Lipinski definition) is 6. The van der Waals surface area contributed by atoms with Gasteiger partial charge in [-0.2, -0.15) is 0 Å². The molecule has 0 radical (unpaired) electrons. The average molecular weight is 370 g/mol. The monoisotopic (exact) mass is 370 g/mol. The zero-order valence-electron chi connectivity index (χ0n) is 16.0. The van der Waals surface area contributed by atoms with Crippen molar-refractivity contribution < 1.29 is 14.1 Å². The minimum atomic E-state index is 0.00487. The van der Waals surface area contributed by atoms with E-state index < -0.39 is 0 Å². The molecule has 4 rings (SSSR count). The summed E-state index contributed by atoms with van der Waals surface area (Å²) in [6.45, 7) is 6.12. The van der Waals surface area contributed by atoms with Crippen LogP contribution in [-0.4, -0.2) is 45.7 Å². The topological polar surface area (TPSA) is 81.4 Å². The molecule has 144 valence electrons. The van der Waals surface area contributed by atoms with Gasteiger partial charge in [-0.05, 0) is 45.4 Å². The van der Waals surface area contributed by atoms with Crippen molar-refractivity contribution >= 4 is 5.91 Å². The number of nitrogens with zero attached hydrogens (tertiary/aromatic N) is 4. The maximum absolute atomic E-state index is 12.9. The second-order valence-electron chi connectivity index (χ2n) is 7.53. The summed E-state index contributed by atoms with van der Waals surface area (Å²) in [6, 6.07) is 0.00487. The lowest BCUT2D eigenvalue weighted by molar-refractivity contribution is -0.133. The molecule has 2 aliphatic rings. The first kappa shape index (κ1) is 18.1. The SMILES string of the molecule is Cc1noc(C)c1-c1cncc([C@H]2CCCN2C(=O)CC2CCOCC2)n1. The van der Waals surface area contributed by atoms with Crippen LogP contribution in [0.25, 0.3) is 11.3 Å². The second-order valence-corrected chi connectivity index (χ2v) is 7.53. The molecule has 0 N–H and O–H groups in total. The first-order valence-electron chi connectivity index (χ1n) is 9.76. The molecule has 0 aromatic carbocycles. The highest BCUT2D eigenvalue weighted by Gasteiger charge is 2.32. The Kier molecular flexibility index (Phi) is 5.20. The summed E-state index contributed by atoms with van der Waals surface area (Å²) in [5.41, 5.74) is 3.30. The van der Waals surface area contributed by atoms with Gasteiger partial charge in [0.2, 0.25) is 5.91 Å². The Labute approximate surface area is 159 Å². The third-order valence-corrected chi connectivity index (χ3v) is 5.66. The lowest BCUT2D eigenvalue weighted by Gasteiger charge is -2.28. The van der Waals surface area contributed by atoms with Crippen molar-refractivity contribution in [2.75, 3.05) is 19.8 Å². The number of carbonyl (C=O) groups is 1. The molecule has 0 spiro atoms. The normalized spacial score (nSPS) is 21.0. The van der Waals surface area contributed by atoms with Crippen molar-refractivity contribution in [2.24, 2.45) is 5.92 Å². The van der Waals surface area contributed by atoms with Crippen molar-refractivity contribution in [3.8, 4) is 11.3 Å². The van der Waals surface area contributed by atoms with E-state index in [0.717, 1.165) is 73.8 Å². The summed E-state index contributed by atoms with van der Waals surface area (Å²) in [6.07, 6.45) is 8.01. The van der Waals surface area contributed by atoms with Gasteiger partial charge >= 0.3 is 0 Å². The van der Waals surface area contributed by atoms with Crippen LogP contribution in [0.4, 0.5) is 0 Å². The molecule has 1 amide bonds. The van der Waals surface area contributed by atoms with Gasteiger partial charge in [-0.25, -0.2) is 4.98 Å². The van der Waals surface area contributed by atoms with E-state index in [2.05, 4.69) is 10.1 Å². The fourth-order valence-electron chi connectivity index (χ4n) is 4.20. The Bertz CT molecular complexity index is 794. The minimum Gasteiger partial charge on any atom is -0.381 e. The fraction of sp³-hybridized carbons (Fsp3) is 0.600. The van der Waals surface area contributed by atoms with Gasteiger partial charge < -0.3 is 14.2 Å². The Morgan fingerprint density at radius 3 is 2.78 bits per heavy atom. The van der Waals surface area contributed by atoms with Crippen LogP contribution in [0.15, 0.2) is 16.9 Å². The zero-order chi connectivity index (χ0) is 18.8. The minimum absolute atomic E-state index is 0.00487. The van der Waals surface area contributed by atoms with Gasteiger partial charge in [0, 0.05) is 26.2 Å². The first-order chi connectivity index (χ1) is 13.1. The van der Waals surface area contributed by atoms with E-state index in [9.17, 15) is 4.79 Å². The van der Waals surface area contributed by atoms with E-state index in [-0.39, 0.29) is 11.9 Å². The highest BCUT2D eigenvalue weighted by molar-refractivity contribution is 5.77. The quantitative estimate of drug-likeness (QED) is 0.822. The van der Waals surface area contributed by atoms with Crippen LogP contribution in [0.2, 0.25) is 0 Å². The van der Waals surface area contributed by atoms with Gasteiger partial charge in [0.05, 0.1) is 41.1 Å². The summed E-state index contributed by atoms with van der Waals surface area (Å²) in [5.74, 6) is 1.40. The number of hydrogen-bond donors (Lipinski definition) is 0. The third kappa shape index (κ3) is 3.74. The molecule has 2 saturated heterocycles. The summed E-state index contributed by atoms with van der Waals surface area (Å²) in [4.78, 5) is 24.1. The lowest BCUT2D eigenvalue weighted by atomic mass is 9.95. The van der Waals surface area contributed by atoms with Crippen LogP contribution in [0, 0.1) is 19.8 Å². The van der Waals surface area contributed by atoms with Crippen molar-refractivity contribution in [1.29, 1.82) is 0 Å². The molecule has 2 fully saturated rings. The van der Waals surface area contributed by atoms with Crippen LogP contribution in [-0.2, 0) is 9.53 Å². The predicted octanol–water partition coefficient (Wildman–Crippen LogP) is 3.23. The molecule has 2 aromatic rings. The fourth-order valence-corrected chi connectivity index (χ4v) is 4.20. The van der Waals surface area contributed by atoms with Crippen molar-refractivity contribution in [1.82, 2.24) is 20.0 Å². The van der Waals surface area contributed by atoms with Crippen LogP contribution >= 0.6 is 0 Å². The zero-order valence-corrected chi connectivity index (χ0v) is 16.0. The Morgan fingerprint density at radius 1 is 1.22 bits per heavy atom. The van der Waals surface area contributed by atoms with E-state index >= 15 is 0 Å². The molecule has 0 unspecified atom stereocenters. The number of likely N-dealkylation sites (tertiary alicyclic amines) is 1. The smallest absolute Gasteiger partial charge is 0.223 e. The molecule has 0 bridgehead atoms. The molecule has 4 heterocycles. The van der Waals surface area contributed by atoms with Gasteiger partial charge in [-0.3, -0.25) is 9.78 Å². The Hall–Kier alpha value is -2.28. The number of amides is 1. The average Bonchev–Trinajstić information content (AvgIpc) is 3.29. The van der Waals surface area contributed by atoms with E-state index in [1.54, 1.807) is 12.4 Å².